The number of nitriles is 1. The molecule has 0 N–H and O–H groups in total. The highest BCUT2D eigenvalue weighted by molar-refractivity contribution is 7.14. The highest BCUT2D eigenvalue weighted by atomic mass is 32.1. The first-order valence-electron chi connectivity index (χ1n) is 10.6. The number of Topliss-reactive ketones (excluding diaryl/α,β-unsaturated/α-hetero) is 1. The minimum Gasteiger partial charge on any atom is -0.491 e. The van der Waals surface area contributed by atoms with Gasteiger partial charge in [-0.1, -0.05) is 12.1 Å². The van der Waals surface area contributed by atoms with E-state index in [1.165, 1.54) is 6.08 Å². The second-order valence-electron chi connectivity index (χ2n) is 7.30. The molecule has 0 aliphatic carbocycles. The number of hydrogen-bond acceptors (Lipinski definition) is 8. The van der Waals surface area contributed by atoms with Gasteiger partial charge in [0.15, 0.2) is 5.78 Å². The minimum absolute atomic E-state index is 0.0324. The van der Waals surface area contributed by atoms with E-state index in [0.29, 0.717) is 21.8 Å². The van der Waals surface area contributed by atoms with Crippen LogP contribution in [0.15, 0.2) is 29.8 Å². The predicted octanol–water partition coefficient (Wildman–Crippen LogP) is 4.92. The second kappa shape index (κ2) is 12.0. The summed E-state index contributed by atoms with van der Waals surface area (Å²) in [7, 11) is 0. The van der Waals surface area contributed by atoms with E-state index < -0.39 is 17.7 Å². The number of ether oxygens (including phenoxy) is 3. The fourth-order valence-corrected chi connectivity index (χ4v) is 4.24. The quantitative estimate of drug-likeness (QED) is 0.276. The number of carbonyl (C=O) groups excluding carboxylic acids is 3. The van der Waals surface area contributed by atoms with Gasteiger partial charge >= 0.3 is 11.9 Å². The van der Waals surface area contributed by atoms with Crippen molar-refractivity contribution in [3.8, 4) is 11.8 Å². The summed E-state index contributed by atoms with van der Waals surface area (Å²) in [4.78, 5) is 38.4. The van der Waals surface area contributed by atoms with Crippen molar-refractivity contribution < 1.29 is 28.6 Å². The number of carbonyl (C=O) groups is 3. The van der Waals surface area contributed by atoms with Crippen LogP contribution in [-0.4, -0.2) is 37.0 Å². The fraction of sp³-hybridized carbons (Fsp3) is 0.360. The number of ketones is 1. The number of allylic oxidation sites excluding steroid dienone is 1. The molecule has 2 aromatic rings. The summed E-state index contributed by atoms with van der Waals surface area (Å²) in [6.45, 7) is 9.14. The third-order valence-corrected chi connectivity index (χ3v) is 5.74. The Bertz CT molecular complexity index is 1090. The van der Waals surface area contributed by atoms with Crippen LogP contribution in [0, 0.1) is 18.3 Å². The molecule has 33 heavy (non-hydrogen) atoms. The molecule has 0 spiro atoms. The molecule has 0 atom stereocenters. The Morgan fingerprint density at radius 2 is 1.67 bits per heavy atom. The molecule has 8 heteroatoms. The minimum atomic E-state index is -0.618. The first kappa shape index (κ1) is 25.8. The van der Waals surface area contributed by atoms with Crippen LogP contribution in [-0.2, 0) is 20.7 Å². The second-order valence-corrected chi connectivity index (χ2v) is 8.41. The van der Waals surface area contributed by atoms with Crippen LogP contribution in [0.25, 0.3) is 6.08 Å². The Hall–Kier alpha value is -3.44. The maximum Gasteiger partial charge on any atom is 0.348 e. The van der Waals surface area contributed by atoms with E-state index in [2.05, 4.69) is 0 Å². The normalized spacial score (nSPS) is 11.1. The Kier molecular flexibility index (Phi) is 9.37. The number of hydrogen-bond donors (Lipinski definition) is 0. The van der Waals surface area contributed by atoms with Gasteiger partial charge in [0, 0.05) is 11.3 Å². The van der Waals surface area contributed by atoms with Crippen molar-refractivity contribution in [2.45, 2.75) is 47.1 Å². The van der Waals surface area contributed by atoms with E-state index in [4.69, 9.17) is 14.2 Å². The van der Waals surface area contributed by atoms with Crippen LogP contribution in [0.1, 0.15) is 63.7 Å². The van der Waals surface area contributed by atoms with Gasteiger partial charge in [-0.25, -0.2) is 9.59 Å². The SMILES string of the molecule is CCOC(=O)c1sc(CC(=O)C(C#N)=Cc2ccc(OC(C)C)cc2)c(C(=O)OCC)c1C. The first-order valence-corrected chi connectivity index (χ1v) is 11.4. The molecular weight excluding hydrogens is 442 g/mol. The highest BCUT2D eigenvalue weighted by Crippen LogP contribution is 2.31. The maximum atomic E-state index is 12.9. The molecule has 0 amide bonds. The van der Waals surface area contributed by atoms with Crippen LogP contribution in [0.3, 0.4) is 0 Å². The molecule has 0 fully saturated rings. The van der Waals surface area contributed by atoms with E-state index in [0.717, 1.165) is 11.3 Å². The molecule has 0 saturated carbocycles. The van der Waals surface area contributed by atoms with Crippen molar-refractivity contribution in [1.29, 1.82) is 5.26 Å². The van der Waals surface area contributed by atoms with Gasteiger partial charge in [0.05, 0.1) is 30.5 Å². The lowest BCUT2D eigenvalue weighted by atomic mass is 10.0. The van der Waals surface area contributed by atoms with E-state index in [-0.39, 0.29) is 41.8 Å². The van der Waals surface area contributed by atoms with Crippen LogP contribution in [0.4, 0.5) is 0 Å². The molecule has 0 unspecified atom stereocenters. The van der Waals surface area contributed by atoms with Gasteiger partial charge in [0.1, 0.15) is 16.7 Å². The average Bonchev–Trinajstić information content (AvgIpc) is 3.08. The lowest BCUT2D eigenvalue weighted by Gasteiger charge is -2.09. The number of esters is 2. The largest absolute Gasteiger partial charge is 0.491 e. The molecule has 0 aliphatic rings. The van der Waals surface area contributed by atoms with Gasteiger partial charge in [0.2, 0.25) is 0 Å². The maximum absolute atomic E-state index is 12.9. The Balaban J connectivity index is 2.35. The van der Waals surface area contributed by atoms with Crippen molar-refractivity contribution >= 4 is 35.1 Å². The smallest absolute Gasteiger partial charge is 0.348 e. The Morgan fingerprint density at radius 1 is 1.06 bits per heavy atom. The van der Waals surface area contributed by atoms with E-state index in [1.807, 2.05) is 19.9 Å². The molecule has 1 aromatic carbocycles. The van der Waals surface area contributed by atoms with Crippen LogP contribution in [0.5, 0.6) is 5.75 Å². The molecular formula is C25H27NO6S. The molecule has 2 rings (SSSR count). The van der Waals surface area contributed by atoms with Gasteiger partial charge in [-0.3, -0.25) is 4.79 Å². The van der Waals surface area contributed by atoms with Crippen LogP contribution in [0.2, 0.25) is 0 Å². The van der Waals surface area contributed by atoms with Gasteiger partial charge in [-0.05, 0) is 64.0 Å². The number of thiophene rings is 1. The van der Waals surface area contributed by atoms with Crippen LogP contribution >= 0.6 is 11.3 Å². The average molecular weight is 470 g/mol. The van der Waals surface area contributed by atoms with Crippen LogP contribution < -0.4 is 4.74 Å². The molecule has 0 radical (unpaired) electrons. The van der Waals surface area contributed by atoms with Crippen molar-refractivity contribution in [2.24, 2.45) is 0 Å². The fourth-order valence-electron chi connectivity index (χ4n) is 3.06. The topological polar surface area (TPSA) is 103 Å². The predicted molar refractivity (Wildman–Crippen MR) is 125 cm³/mol. The highest BCUT2D eigenvalue weighted by Gasteiger charge is 2.27. The third-order valence-electron chi connectivity index (χ3n) is 4.46. The summed E-state index contributed by atoms with van der Waals surface area (Å²) in [6, 6.07) is 8.96. The number of rotatable bonds is 10. The van der Waals surface area contributed by atoms with Crippen molar-refractivity contribution in [2.75, 3.05) is 13.2 Å². The van der Waals surface area contributed by atoms with Gasteiger partial charge in [-0.15, -0.1) is 11.3 Å². The zero-order valence-electron chi connectivity index (χ0n) is 19.4. The summed E-state index contributed by atoms with van der Waals surface area (Å²) in [6.07, 6.45) is 1.30. The zero-order valence-corrected chi connectivity index (χ0v) is 20.2. The van der Waals surface area contributed by atoms with Crippen molar-refractivity contribution in [3.63, 3.8) is 0 Å². The van der Waals surface area contributed by atoms with E-state index in [1.54, 1.807) is 45.0 Å². The molecule has 1 aromatic heterocycles. The molecule has 174 valence electrons. The van der Waals surface area contributed by atoms with Gasteiger partial charge in [-0.2, -0.15) is 5.26 Å². The number of benzene rings is 1. The molecule has 0 saturated heterocycles. The number of nitrogens with zero attached hydrogens (tertiary/aromatic N) is 1. The standard InChI is InChI=1S/C25H27NO6S/c1-6-30-24(28)22-16(5)23(25(29)31-7-2)33-21(22)13-20(27)18(14-26)12-17-8-10-19(11-9-17)32-15(3)4/h8-12,15H,6-7,13H2,1-5H3. The zero-order chi connectivity index (χ0) is 24.5. The lowest BCUT2D eigenvalue weighted by molar-refractivity contribution is -0.114. The van der Waals surface area contributed by atoms with Crippen molar-refractivity contribution in [3.05, 3.63) is 56.3 Å². The van der Waals surface area contributed by atoms with Gasteiger partial charge in [0.25, 0.3) is 0 Å². The van der Waals surface area contributed by atoms with Gasteiger partial charge < -0.3 is 14.2 Å². The molecule has 1 heterocycles. The third kappa shape index (κ3) is 6.77. The van der Waals surface area contributed by atoms with E-state index >= 15 is 0 Å². The van der Waals surface area contributed by atoms with Crippen molar-refractivity contribution in [1.82, 2.24) is 0 Å². The Morgan fingerprint density at radius 3 is 2.21 bits per heavy atom. The molecule has 0 bridgehead atoms. The summed E-state index contributed by atoms with van der Waals surface area (Å²) in [5.41, 5.74) is 1.18. The summed E-state index contributed by atoms with van der Waals surface area (Å²) < 4.78 is 15.8. The van der Waals surface area contributed by atoms with E-state index in [9.17, 15) is 19.6 Å². The molecule has 0 aliphatic heterocycles. The summed E-state index contributed by atoms with van der Waals surface area (Å²) in [5.74, 6) is -0.967. The Labute approximate surface area is 197 Å². The lowest BCUT2D eigenvalue weighted by Crippen LogP contribution is -2.12. The first-order chi connectivity index (χ1) is 15.7. The monoisotopic (exact) mass is 469 g/mol. The summed E-state index contributed by atoms with van der Waals surface area (Å²) >= 11 is 1.01. The summed E-state index contributed by atoms with van der Waals surface area (Å²) in [5, 5.41) is 9.56. The molecule has 7 nitrogen and oxygen atoms in total.